The highest BCUT2D eigenvalue weighted by molar-refractivity contribution is 6.30. The van der Waals surface area contributed by atoms with Gasteiger partial charge >= 0.3 is 0 Å². The predicted molar refractivity (Wildman–Crippen MR) is 124 cm³/mol. The summed E-state index contributed by atoms with van der Waals surface area (Å²) in [5.41, 5.74) is 5.99. The van der Waals surface area contributed by atoms with Crippen LogP contribution in [0.25, 0.3) is 10.9 Å². The van der Waals surface area contributed by atoms with Crippen LogP contribution in [-0.4, -0.2) is 10.5 Å². The van der Waals surface area contributed by atoms with E-state index < -0.39 is 0 Å². The van der Waals surface area contributed by atoms with Gasteiger partial charge in [0.15, 0.2) is 0 Å². The number of hydrogen-bond acceptors (Lipinski definition) is 1. The van der Waals surface area contributed by atoms with E-state index in [9.17, 15) is 4.79 Å². The van der Waals surface area contributed by atoms with Crippen molar-refractivity contribution >= 4 is 28.4 Å². The first-order chi connectivity index (χ1) is 14.6. The minimum atomic E-state index is 0.0558. The van der Waals surface area contributed by atoms with E-state index in [1.54, 1.807) is 0 Å². The Morgan fingerprint density at radius 1 is 0.933 bits per heavy atom. The fourth-order valence-corrected chi connectivity index (χ4v) is 3.81. The van der Waals surface area contributed by atoms with E-state index in [4.69, 9.17) is 11.6 Å². The molecule has 1 heterocycles. The summed E-state index contributed by atoms with van der Waals surface area (Å²) in [5, 5.41) is 4.92. The molecule has 1 amide bonds. The average molecular weight is 417 g/mol. The van der Waals surface area contributed by atoms with E-state index in [0.717, 1.165) is 12.1 Å². The van der Waals surface area contributed by atoms with Gasteiger partial charge in [0, 0.05) is 41.6 Å². The fraction of sp³-hybridized carbons (Fsp3) is 0.192. The van der Waals surface area contributed by atoms with Gasteiger partial charge in [0.05, 0.1) is 0 Å². The summed E-state index contributed by atoms with van der Waals surface area (Å²) in [5.74, 6) is 0.0558. The van der Waals surface area contributed by atoms with E-state index in [0.29, 0.717) is 24.4 Å². The van der Waals surface area contributed by atoms with Gasteiger partial charge in [-0.05, 0) is 48.2 Å². The normalized spacial score (nSPS) is 11.0. The molecule has 0 aliphatic rings. The molecule has 0 aliphatic heterocycles. The first kappa shape index (κ1) is 20.2. The zero-order valence-electron chi connectivity index (χ0n) is 17.1. The van der Waals surface area contributed by atoms with Crippen LogP contribution in [-0.2, 0) is 24.3 Å². The summed E-state index contributed by atoms with van der Waals surface area (Å²) in [4.78, 5) is 12.4. The van der Waals surface area contributed by atoms with E-state index in [1.165, 1.54) is 27.6 Å². The van der Waals surface area contributed by atoms with Crippen LogP contribution >= 0.6 is 11.6 Å². The molecule has 3 nitrogen and oxygen atoms in total. The lowest BCUT2D eigenvalue weighted by molar-refractivity contribution is -0.121. The molecular formula is C26H25ClN2O. The highest BCUT2D eigenvalue weighted by Crippen LogP contribution is 2.24. The van der Waals surface area contributed by atoms with Crippen molar-refractivity contribution in [1.82, 2.24) is 9.88 Å². The van der Waals surface area contributed by atoms with Crippen LogP contribution in [0.4, 0.5) is 0 Å². The number of amides is 1. The Morgan fingerprint density at radius 3 is 2.40 bits per heavy atom. The largest absolute Gasteiger partial charge is 0.352 e. The van der Waals surface area contributed by atoms with Gasteiger partial charge in [-0.2, -0.15) is 0 Å². The molecule has 0 spiro atoms. The van der Waals surface area contributed by atoms with Crippen molar-refractivity contribution in [3.05, 3.63) is 106 Å². The number of halogens is 1. The molecule has 0 radical (unpaired) electrons. The SMILES string of the molecule is Cc1ccc(Cn2cc(CCC(=O)NCc3ccc(Cl)cc3)c3ccccc32)cc1. The summed E-state index contributed by atoms with van der Waals surface area (Å²) in [6, 6.07) is 24.6. The number of nitrogens with zero attached hydrogens (tertiary/aromatic N) is 1. The lowest BCUT2D eigenvalue weighted by Gasteiger charge is -2.06. The van der Waals surface area contributed by atoms with Crippen molar-refractivity contribution in [2.24, 2.45) is 0 Å². The van der Waals surface area contributed by atoms with Crippen LogP contribution < -0.4 is 5.32 Å². The molecule has 1 aromatic heterocycles. The number of rotatable bonds is 7. The molecule has 0 atom stereocenters. The van der Waals surface area contributed by atoms with Crippen LogP contribution in [0.2, 0.25) is 5.02 Å². The van der Waals surface area contributed by atoms with E-state index in [-0.39, 0.29) is 5.91 Å². The molecule has 4 heteroatoms. The Morgan fingerprint density at radius 2 is 1.63 bits per heavy atom. The maximum Gasteiger partial charge on any atom is 0.220 e. The summed E-state index contributed by atoms with van der Waals surface area (Å²) >= 11 is 5.91. The van der Waals surface area contributed by atoms with Crippen molar-refractivity contribution in [2.75, 3.05) is 0 Å². The number of aromatic nitrogens is 1. The Bertz CT molecular complexity index is 1140. The van der Waals surface area contributed by atoms with Crippen LogP contribution in [0.15, 0.2) is 79.0 Å². The Hall–Kier alpha value is -3.04. The molecular weight excluding hydrogens is 392 g/mol. The smallest absolute Gasteiger partial charge is 0.220 e. The molecule has 0 saturated heterocycles. The second-order valence-electron chi connectivity index (χ2n) is 7.69. The number of aryl methyl sites for hydroxylation is 2. The van der Waals surface area contributed by atoms with Gasteiger partial charge in [-0.3, -0.25) is 4.79 Å². The molecule has 0 fully saturated rings. The first-order valence-electron chi connectivity index (χ1n) is 10.2. The lowest BCUT2D eigenvalue weighted by Crippen LogP contribution is -2.22. The van der Waals surface area contributed by atoms with Gasteiger partial charge in [0.25, 0.3) is 0 Å². The number of fused-ring (bicyclic) bond motifs is 1. The molecule has 3 aromatic carbocycles. The van der Waals surface area contributed by atoms with E-state index in [2.05, 4.69) is 71.5 Å². The molecule has 0 saturated carbocycles. The monoisotopic (exact) mass is 416 g/mol. The molecule has 1 N–H and O–H groups in total. The zero-order chi connectivity index (χ0) is 20.9. The summed E-state index contributed by atoms with van der Waals surface area (Å²) < 4.78 is 2.28. The van der Waals surface area contributed by atoms with Crippen LogP contribution in [0.3, 0.4) is 0 Å². The first-order valence-corrected chi connectivity index (χ1v) is 10.6. The maximum absolute atomic E-state index is 12.4. The van der Waals surface area contributed by atoms with Crippen molar-refractivity contribution in [3.8, 4) is 0 Å². The van der Waals surface area contributed by atoms with E-state index in [1.807, 2.05) is 24.3 Å². The maximum atomic E-state index is 12.4. The summed E-state index contributed by atoms with van der Waals surface area (Å²) in [7, 11) is 0. The van der Waals surface area contributed by atoms with Crippen LogP contribution in [0.1, 0.15) is 28.7 Å². The number of hydrogen-bond donors (Lipinski definition) is 1. The van der Waals surface area contributed by atoms with E-state index >= 15 is 0 Å². The second-order valence-corrected chi connectivity index (χ2v) is 8.12. The van der Waals surface area contributed by atoms with Gasteiger partial charge < -0.3 is 9.88 Å². The minimum absolute atomic E-state index is 0.0558. The van der Waals surface area contributed by atoms with Crippen molar-refractivity contribution in [2.45, 2.75) is 32.9 Å². The highest BCUT2D eigenvalue weighted by atomic mass is 35.5. The second kappa shape index (κ2) is 9.19. The van der Waals surface area contributed by atoms with Gasteiger partial charge in [0.1, 0.15) is 0 Å². The Labute approximate surface area is 182 Å². The van der Waals surface area contributed by atoms with Crippen molar-refractivity contribution in [3.63, 3.8) is 0 Å². The molecule has 0 bridgehead atoms. The predicted octanol–water partition coefficient (Wildman–Crippen LogP) is 5.90. The number of nitrogens with one attached hydrogen (secondary N) is 1. The fourth-order valence-electron chi connectivity index (χ4n) is 3.68. The van der Waals surface area contributed by atoms with Crippen LogP contribution in [0, 0.1) is 6.92 Å². The Kier molecular flexibility index (Phi) is 6.20. The molecule has 4 rings (SSSR count). The van der Waals surface area contributed by atoms with Gasteiger partial charge in [0.2, 0.25) is 5.91 Å². The molecule has 0 unspecified atom stereocenters. The summed E-state index contributed by atoms with van der Waals surface area (Å²) in [6.45, 7) is 3.44. The molecule has 0 aliphatic carbocycles. The third-order valence-electron chi connectivity index (χ3n) is 5.37. The number of carbonyl (C=O) groups is 1. The van der Waals surface area contributed by atoms with Crippen molar-refractivity contribution in [1.29, 1.82) is 0 Å². The van der Waals surface area contributed by atoms with Gasteiger partial charge in [-0.25, -0.2) is 0 Å². The Balaban J connectivity index is 1.43. The molecule has 152 valence electrons. The lowest BCUT2D eigenvalue weighted by atomic mass is 10.1. The third-order valence-corrected chi connectivity index (χ3v) is 5.62. The number of benzene rings is 3. The third kappa shape index (κ3) is 4.92. The zero-order valence-corrected chi connectivity index (χ0v) is 17.8. The number of carbonyl (C=O) groups excluding carboxylic acids is 1. The van der Waals surface area contributed by atoms with Gasteiger partial charge in [-0.15, -0.1) is 0 Å². The topological polar surface area (TPSA) is 34.0 Å². The number of para-hydroxylation sites is 1. The standard InChI is InChI=1S/C26H25ClN2O/c1-19-6-8-21(9-7-19)17-29-18-22(24-4-2-3-5-25(24)29)12-15-26(30)28-16-20-10-13-23(27)14-11-20/h2-11,13-14,18H,12,15-17H2,1H3,(H,28,30). The van der Waals surface area contributed by atoms with Gasteiger partial charge in [-0.1, -0.05) is 71.8 Å². The summed E-state index contributed by atoms with van der Waals surface area (Å²) in [6.07, 6.45) is 3.37. The minimum Gasteiger partial charge on any atom is -0.352 e. The highest BCUT2D eigenvalue weighted by Gasteiger charge is 2.10. The van der Waals surface area contributed by atoms with Crippen LogP contribution in [0.5, 0.6) is 0 Å². The quantitative estimate of drug-likeness (QED) is 0.399. The average Bonchev–Trinajstić information content (AvgIpc) is 3.11. The van der Waals surface area contributed by atoms with Crippen molar-refractivity contribution < 1.29 is 4.79 Å². The molecule has 30 heavy (non-hydrogen) atoms. The molecule has 4 aromatic rings.